The van der Waals surface area contributed by atoms with E-state index in [4.69, 9.17) is 0 Å². The van der Waals surface area contributed by atoms with Crippen molar-refractivity contribution in [1.29, 1.82) is 0 Å². The molecule has 2 aliphatic rings. The number of hydrogen-bond acceptors (Lipinski definition) is 2. The van der Waals surface area contributed by atoms with E-state index in [-0.39, 0.29) is 0 Å². The molecule has 1 saturated carbocycles. The van der Waals surface area contributed by atoms with Crippen molar-refractivity contribution >= 4 is 0 Å². The van der Waals surface area contributed by atoms with Crippen LogP contribution in [0, 0.1) is 0 Å². The molecule has 2 unspecified atom stereocenters. The highest BCUT2D eigenvalue weighted by Crippen LogP contribution is 2.18. The largest absolute Gasteiger partial charge is 0.312 e. The average Bonchev–Trinajstić information content (AvgIpc) is 2.30. The lowest BCUT2D eigenvalue weighted by molar-refractivity contribution is 0.329. The van der Waals surface area contributed by atoms with Crippen LogP contribution in [0.25, 0.3) is 0 Å². The van der Waals surface area contributed by atoms with Crippen LogP contribution in [0.1, 0.15) is 44.9 Å². The maximum absolute atomic E-state index is 3.69. The Morgan fingerprint density at radius 3 is 1.69 bits per heavy atom. The third-order valence-electron chi connectivity index (χ3n) is 3.43. The average molecular weight is 182 g/mol. The summed E-state index contributed by atoms with van der Waals surface area (Å²) in [5, 5.41) is 7.38. The first-order valence-corrected chi connectivity index (χ1v) is 5.93. The fourth-order valence-electron chi connectivity index (χ4n) is 2.64. The molecule has 2 atom stereocenters. The minimum Gasteiger partial charge on any atom is -0.312 e. The zero-order valence-corrected chi connectivity index (χ0v) is 8.52. The molecule has 0 spiro atoms. The smallest absolute Gasteiger partial charge is 0.0221 e. The van der Waals surface area contributed by atoms with Crippen LogP contribution in [-0.2, 0) is 0 Å². The molecular weight excluding hydrogens is 160 g/mol. The second kappa shape index (κ2) is 4.97. The molecular formula is C11H22N2. The van der Waals surface area contributed by atoms with Gasteiger partial charge in [0.05, 0.1) is 0 Å². The number of fused-ring (bicyclic) bond motifs is 1. The fourth-order valence-corrected chi connectivity index (χ4v) is 2.64. The molecule has 2 heteroatoms. The molecule has 76 valence electrons. The molecule has 1 heterocycles. The van der Waals surface area contributed by atoms with E-state index in [2.05, 4.69) is 10.6 Å². The lowest BCUT2D eigenvalue weighted by Crippen LogP contribution is -2.45. The van der Waals surface area contributed by atoms with Gasteiger partial charge in [0.2, 0.25) is 0 Å². The molecule has 0 bridgehead atoms. The van der Waals surface area contributed by atoms with E-state index in [9.17, 15) is 0 Å². The Labute approximate surface area is 81.5 Å². The Balaban J connectivity index is 1.91. The van der Waals surface area contributed by atoms with Gasteiger partial charge < -0.3 is 10.6 Å². The summed E-state index contributed by atoms with van der Waals surface area (Å²) in [6, 6.07) is 1.53. The first kappa shape index (κ1) is 9.47. The van der Waals surface area contributed by atoms with Crippen LogP contribution in [0.4, 0.5) is 0 Å². The maximum atomic E-state index is 3.69. The summed E-state index contributed by atoms with van der Waals surface area (Å²) < 4.78 is 0. The predicted molar refractivity (Wildman–Crippen MR) is 55.9 cm³/mol. The van der Waals surface area contributed by atoms with Crippen molar-refractivity contribution < 1.29 is 0 Å². The van der Waals surface area contributed by atoms with Crippen molar-refractivity contribution in [3.8, 4) is 0 Å². The fraction of sp³-hybridized carbons (Fsp3) is 1.00. The van der Waals surface area contributed by atoms with Crippen LogP contribution in [0.5, 0.6) is 0 Å². The molecule has 0 aromatic carbocycles. The highest BCUT2D eigenvalue weighted by Gasteiger charge is 2.23. The number of hydrogen-bond donors (Lipinski definition) is 2. The number of rotatable bonds is 0. The van der Waals surface area contributed by atoms with E-state index in [1.54, 1.807) is 0 Å². The molecule has 13 heavy (non-hydrogen) atoms. The minimum absolute atomic E-state index is 0.766. The van der Waals surface area contributed by atoms with Gasteiger partial charge in [-0.15, -0.1) is 0 Å². The molecule has 2 nitrogen and oxygen atoms in total. The molecule has 2 fully saturated rings. The van der Waals surface area contributed by atoms with Crippen molar-refractivity contribution in [3.63, 3.8) is 0 Å². The second-order valence-corrected chi connectivity index (χ2v) is 4.47. The van der Waals surface area contributed by atoms with Gasteiger partial charge in [0, 0.05) is 12.1 Å². The lowest BCUT2D eigenvalue weighted by Gasteiger charge is -2.28. The van der Waals surface area contributed by atoms with E-state index in [0.717, 1.165) is 12.1 Å². The van der Waals surface area contributed by atoms with Crippen LogP contribution in [-0.4, -0.2) is 25.2 Å². The second-order valence-electron chi connectivity index (χ2n) is 4.47. The zero-order valence-electron chi connectivity index (χ0n) is 8.52. The molecule has 2 N–H and O–H groups in total. The highest BCUT2D eigenvalue weighted by atomic mass is 15.0. The van der Waals surface area contributed by atoms with Gasteiger partial charge in [0.15, 0.2) is 0 Å². The van der Waals surface area contributed by atoms with E-state index in [1.807, 2.05) is 0 Å². The van der Waals surface area contributed by atoms with Crippen molar-refractivity contribution in [2.45, 2.75) is 57.0 Å². The summed E-state index contributed by atoms with van der Waals surface area (Å²) in [5.74, 6) is 0. The van der Waals surface area contributed by atoms with Crippen molar-refractivity contribution in [3.05, 3.63) is 0 Å². The lowest BCUT2D eigenvalue weighted by atomic mass is 9.92. The van der Waals surface area contributed by atoms with E-state index in [1.165, 1.54) is 58.0 Å². The maximum Gasteiger partial charge on any atom is 0.0221 e. The van der Waals surface area contributed by atoms with Crippen LogP contribution in [0.2, 0.25) is 0 Å². The molecule has 1 aliphatic carbocycles. The monoisotopic (exact) mass is 182 g/mol. The van der Waals surface area contributed by atoms with Gasteiger partial charge >= 0.3 is 0 Å². The summed E-state index contributed by atoms with van der Waals surface area (Å²) in [4.78, 5) is 0. The topological polar surface area (TPSA) is 24.1 Å². The standard InChI is InChI=1S/C11H22N2/c1-2-4-7-11-10(6-3-1)12-8-5-9-13-11/h10-13H,1-9H2. The summed E-state index contributed by atoms with van der Waals surface area (Å²) in [7, 11) is 0. The van der Waals surface area contributed by atoms with Crippen LogP contribution < -0.4 is 10.6 Å². The molecule has 1 saturated heterocycles. The highest BCUT2D eigenvalue weighted by molar-refractivity contribution is 4.86. The van der Waals surface area contributed by atoms with Crippen molar-refractivity contribution in [2.24, 2.45) is 0 Å². The van der Waals surface area contributed by atoms with Gasteiger partial charge in [-0.3, -0.25) is 0 Å². The Kier molecular flexibility index (Phi) is 3.62. The first-order chi connectivity index (χ1) is 6.47. The van der Waals surface area contributed by atoms with E-state index in [0.29, 0.717) is 0 Å². The van der Waals surface area contributed by atoms with Crippen molar-refractivity contribution in [2.75, 3.05) is 13.1 Å². The molecule has 0 radical (unpaired) electrons. The summed E-state index contributed by atoms with van der Waals surface area (Å²) in [6.45, 7) is 2.43. The van der Waals surface area contributed by atoms with Gasteiger partial charge in [-0.1, -0.05) is 25.7 Å². The summed E-state index contributed by atoms with van der Waals surface area (Å²) in [5.41, 5.74) is 0. The van der Waals surface area contributed by atoms with Crippen LogP contribution in [0.15, 0.2) is 0 Å². The van der Waals surface area contributed by atoms with E-state index < -0.39 is 0 Å². The third-order valence-corrected chi connectivity index (χ3v) is 3.43. The minimum atomic E-state index is 0.766. The Hall–Kier alpha value is -0.0800. The molecule has 0 aromatic rings. The Bertz CT molecular complexity index is 131. The molecule has 0 amide bonds. The van der Waals surface area contributed by atoms with Gasteiger partial charge in [-0.25, -0.2) is 0 Å². The normalized spacial score (nSPS) is 36.9. The zero-order chi connectivity index (χ0) is 8.93. The van der Waals surface area contributed by atoms with Gasteiger partial charge in [-0.2, -0.15) is 0 Å². The molecule has 2 rings (SSSR count). The summed E-state index contributed by atoms with van der Waals surface area (Å²) in [6.07, 6.45) is 9.82. The quantitative estimate of drug-likeness (QED) is 0.595. The van der Waals surface area contributed by atoms with Gasteiger partial charge in [0.25, 0.3) is 0 Å². The van der Waals surface area contributed by atoms with Crippen molar-refractivity contribution in [1.82, 2.24) is 10.6 Å². The first-order valence-electron chi connectivity index (χ1n) is 5.93. The van der Waals surface area contributed by atoms with E-state index >= 15 is 0 Å². The SMILES string of the molecule is C1CCCC2NCCCNC2CC1. The molecule has 1 aliphatic heterocycles. The van der Waals surface area contributed by atoms with Gasteiger partial charge in [0.1, 0.15) is 0 Å². The van der Waals surface area contributed by atoms with Gasteiger partial charge in [-0.05, 0) is 32.4 Å². The third kappa shape index (κ3) is 2.68. The molecule has 0 aromatic heterocycles. The van der Waals surface area contributed by atoms with Crippen LogP contribution >= 0.6 is 0 Å². The Morgan fingerprint density at radius 2 is 1.15 bits per heavy atom. The Morgan fingerprint density at radius 1 is 0.615 bits per heavy atom. The predicted octanol–water partition coefficient (Wildman–Crippen LogP) is 1.66. The number of nitrogens with one attached hydrogen (secondary N) is 2. The summed E-state index contributed by atoms with van der Waals surface area (Å²) >= 11 is 0. The van der Waals surface area contributed by atoms with Crippen LogP contribution in [0.3, 0.4) is 0 Å².